The van der Waals surface area contributed by atoms with Crippen molar-refractivity contribution in [1.29, 1.82) is 0 Å². The molecule has 196 valence electrons. The molecule has 0 radical (unpaired) electrons. The number of aliphatic hydroxyl groups excluding tert-OH is 1. The third-order valence-electron chi connectivity index (χ3n) is 5.65. The summed E-state index contributed by atoms with van der Waals surface area (Å²) in [4.78, 5) is 11.7. The monoisotopic (exact) mass is 504 g/mol. The minimum absolute atomic E-state index is 0.0198. The Kier molecular flexibility index (Phi) is 11.2. The summed E-state index contributed by atoms with van der Waals surface area (Å²) in [6.07, 6.45) is 1.31. The van der Waals surface area contributed by atoms with E-state index < -0.39 is 0 Å². The molecule has 0 heterocycles. The van der Waals surface area contributed by atoms with Crippen LogP contribution in [-0.2, 0) is 20.7 Å². The fourth-order valence-corrected chi connectivity index (χ4v) is 3.86. The first kappa shape index (κ1) is 28.0. The number of hydrogen-bond donors (Lipinski definition) is 1. The van der Waals surface area contributed by atoms with Gasteiger partial charge in [-0.2, -0.15) is 0 Å². The molecule has 0 unspecified atom stereocenters. The van der Waals surface area contributed by atoms with Crippen LogP contribution in [0, 0.1) is 0 Å². The maximum absolute atomic E-state index is 11.7. The fourth-order valence-electron chi connectivity index (χ4n) is 3.86. The molecule has 0 atom stereocenters. The summed E-state index contributed by atoms with van der Waals surface area (Å²) in [5.41, 5.74) is 5.62. The number of carbonyl (C=O) groups excluding carboxylic acids is 1. The Hall–Kier alpha value is -3.61. The topological polar surface area (TPSA) is 74.2 Å². The van der Waals surface area contributed by atoms with E-state index in [9.17, 15) is 4.79 Å². The van der Waals surface area contributed by atoms with E-state index in [4.69, 9.17) is 24.1 Å². The standard InChI is InChI=1S/C31H36O6/c1-4-35-30-22-25(24-9-6-5-7-10-24)12-14-28(30)26-13-15-29(36-20-19-34-18-16-32)27(21-26)11-8-17-37-31(33)23(2)3/h5-7,9-10,12-15,21-22,32H,2,4,8,11,16-20H2,1,3H3. The first-order valence-corrected chi connectivity index (χ1v) is 12.6. The molecular formula is C31H36O6. The van der Waals surface area contributed by atoms with Gasteiger partial charge in [0.1, 0.15) is 18.1 Å². The van der Waals surface area contributed by atoms with Gasteiger partial charge in [0, 0.05) is 11.1 Å². The highest BCUT2D eigenvalue weighted by molar-refractivity contribution is 5.86. The predicted octanol–water partition coefficient (Wildman–Crippen LogP) is 5.86. The van der Waals surface area contributed by atoms with E-state index in [1.54, 1.807) is 6.92 Å². The Bertz CT molecular complexity index is 1160. The van der Waals surface area contributed by atoms with Crippen LogP contribution in [0.4, 0.5) is 0 Å². The molecule has 6 heteroatoms. The summed E-state index contributed by atoms with van der Waals surface area (Å²) < 4.78 is 22.6. The van der Waals surface area contributed by atoms with Gasteiger partial charge in [0.15, 0.2) is 0 Å². The maximum atomic E-state index is 11.7. The van der Waals surface area contributed by atoms with Crippen molar-refractivity contribution in [3.63, 3.8) is 0 Å². The number of rotatable bonds is 15. The second-order valence-electron chi connectivity index (χ2n) is 8.54. The second kappa shape index (κ2) is 14.8. The number of esters is 1. The molecule has 3 rings (SSSR count). The van der Waals surface area contributed by atoms with Crippen LogP contribution in [-0.4, -0.2) is 50.7 Å². The molecule has 0 saturated carbocycles. The van der Waals surface area contributed by atoms with Gasteiger partial charge in [0.05, 0.1) is 33.0 Å². The van der Waals surface area contributed by atoms with Crippen LogP contribution in [0.5, 0.6) is 11.5 Å². The summed E-state index contributed by atoms with van der Waals surface area (Å²) in [7, 11) is 0. The molecular weight excluding hydrogens is 468 g/mol. The van der Waals surface area contributed by atoms with Gasteiger partial charge >= 0.3 is 5.97 Å². The third kappa shape index (κ3) is 8.48. The molecule has 0 aliphatic heterocycles. The summed E-state index contributed by atoms with van der Waals surface area (Å²) in [5.74, 6) is 1.18. The van der Waals surface area contributed by atoms with E-state index >= 15 is 0 Å². The lowest BCUT2D eigenvalue weighted by molar-refractivity contribution is -0.139. The molecule has 37 heavy (non-hydrogen) atoms. The average Bonchev–Trinajstić information content (AvgIpc) is 2.92. The molecule has 3 aromatic carbocycles. The zero-order valence-corrected chi connectivity index (χ0v) is 21.7. The largest absolute Gasteiger partial charge is 0.493 e. The molecule has 0 bridgehead atoms. The highest BCUT2D eigenvalue weighted by atomic mass is 16.5. The van der Waals surface area contributed by atoms with Gasteiger partial charge in [0.2, 0.25) is 0 Å². The Morgan fingerprint density at radius 1 is 0.838 bits per heavy atom. The van der Waals surface area contributed by atoms with Crippen LogP contribution in [0.15, 0.2) is 78.9 Å². The summed E-state index contributed by atoms with van der Waals surface area (Å²) in [6.45, 7) is 9.10. The quantitative estimate of drug-likeness (QED) is 0.159. The van der Waals surface area contributed by atoms with Crippen molar-refractivity contribution < 1.29 is 28.8 Å². The van der Waals surface area contributed by atoms with Gasteiger partial charge in [-0.05, 0) is 67.1 Å². The lowest BCUT2D eigenvalue weighted by atomic mass is 9.96. The van der Waals surface area contributed by atoms with E-state index in [2.05, 4.69) is 43.0 Å². The second-order valence-corrected chi connectivity index (χ2v) is 8.54. The number of hydrogen-bond acceptors (Lipinski definition) is 6. The lowest BCUT2D eigenvalue weighted by Gasteiger charge is -2.16. The van der Waals surface area contributed by atoms with Crippen LogP contribution in [0.3, 0.4) is 0 Å². The summed E-state index contributed by atoms with van der Waals surface area (Å²) >= 11 is 0. The van der Waals surface area contributed by atoms with E-state index in [0.717, 1.165) is 39.3 Å². The van der Waals surface area contributed by atoms with E-state index in [1.165, 1.54) is 0 Å². The van der Waals surface area contributed by atoms with Crippen LogP contribution in [0.25, 0.3) is 22.3 Å². The first-order chi connectivity index (χ1) is 18.0. The van der Waals surface area contributed by atoms with Gasteiger partial charge < -0.3 is 24.1 Å². The van der Waals surface area contributed by atoms with Crippen molar-refractivity contribution in [2.75, 3.05) is 39.6 Å². The van der Waals surface area contributed by atoms with Crippen LogP contribution in [0.2, 0.25) is 0 Å². The van der Waals surface area contributed by atoms with E-state index in [1.807, 2.05) is 37.3 Å². The van der Waals surface area contributed by atoms with Crippen molar-refractivity contribution in [2.45, 2.75) is 26.7 Å². The Labute approximate surface area is 219 Å². The number of ether oxygens (including phenoxy) is 4. The summed E-state index contributed by atoms with van der Waals surface area (Å²) in [5, 5.41) is 8.88. The zero-order chi connectivity index (χ0) is 26.5. The average molecular weight is 505 g/mol. The molecule has 0 aliphatic carbocycles. The van der Waals surface area contributed by atoms with Crippen molar-refractivity contribution in [3.05, 3.63) is 84.4 Å². The minimum Gasteiger partial charge on any atom is -0.493 e. The third-order valence-corrected chi connectivity index (χ3v) is 5.65. The molecule has 0 amide bonds. The Balaban J connectivity index is 1.84. The SMILES string of the molecule is C=C(C)C(=O)OCCCc1cc(-c2ccc(-c3ccccc3)cc2OCC)ccc1OCCOCCO. The van der Waals surface area contributed by atoms with Crippen LogP contribution < -0.4 is 9.47 Å². The van der Waals surface area contributed by atoms with Crippen molar-refractivity contribution in [2.24, 2.45) is 0 Å². The molecule has 0 saturated heterocycles. The molecule has 1 N–H and O–H groups in total. The van der Waals surface area contributed by atoms with E-state index in [0.29, 0.717) is 44.8 Å². The molecule has 0 spiro atoms. The molecule has 6 nitrogen and oxygen atoms in total. The predicted molar refractivity (Wildman–Crippen MR) is 146 cm³/mol. The smallest absolute Gasteiger partial charge is 0.333 e. The van der Waals surface area contributed by atoms with Crippen molar-refractivity contribution >= 4 is 5.97 Å². The highest BCUT2D eigenvalue weighted by Crippen LogP contribution is 2.36. The van der Waals surface area contributed by atoms with Gasteiger partial charge in [-0.3, -0.25) is 0 Å². The van der Waals surface area contributed by atoms with Gasteiger partial charge in [-0.25, -0.2) is 4.79 Å². The maximum Gasteiger partial charge on any atom is 0.333 e. The van der Waals surface area contributed by atoms with E-state index in [-0.39, 0.29) is 19.2 Å². The number of aryl methyl sites for hydroxylation is 1. The Morgan fingerprint density at radius 3 is 2.35 bits per heavy atom. The van der Waals surface area contributed by atoms with Crippen LogP contribution >= 0.6 is 0 Å². The lowest BCUT2D eigenvalue weighted by Crippen LogP contribution is -2.10. The molecule has 0 aromatic heterocycles. The van der Waals surface area contributed by atoms with Gasteiger partial charge in [0.25, 0.3) is 0 Å². The molecule has 0 fully saturated rings. The van der Waals surface area contributed by atoms with Crippen molar-refractivity contribution in [1.82, 2.24) is 0 Å². The number of aliphatic hydroxyl groups is 1. The van der Waals surface area contributed by atoms with Crippen LogP contribution in [0.1, 0.15) is 25.8 Å². The zero-order valence-electron chi connectivity index (χ0n) is 21.7. The Morgan fingerprint density at radius 2 is 1.62 bits per heavy atom. The molecule has 3 aromatic rings. The summed E-state index contributed by atoms with van der Waals surface area (Å²) in [6, 6.07) is 22.6. The highest BCUT2D eigenvalue weighted by Gasteiger charge is 2.13. The molecule has 0 aliphatic rings. The number of carbonyl (C=O) groups is 1. The number of benzene rings is 3. The van der Waals surface area contributed by atoms with Gasteiger partial charge in [-0.15, -0.1) is 0 Å². The van der Waals surface area contributed by atoms with Crippen molar-refractivity contribution in [3.8, 4) is 33.8 Å². The first-order valence-electron chi connectivity index (χ1n) is 12.6. The minimum atomic E-state index is -0.383. The van der Waals surface area contributed by atoms with Gasteiger partial charge in [-0.1, -0.05) is 55.1 Å². The normalized spacial score (nSPS) is 10.7. The fraction of sp³-hybridized carbons (Fsp3) is 0.323.